The number of halogens is 4. The van der Waals surface area contributed by atoms with Gasteiger partial charge in [0.15, 0.2) is 17.0 Å². The third-order valence-corrected chi connectivity index (χ3v) is 7.53. The van der Waals surface area contributed by atoms with Crippen molar-refractivity contribution in [2.45, 2.75) is 102 Å². The Hall–Kier alpha value is -0.730. The number of nitrogens with one attached hydrogen (secondary N) is 2. The lowest BCUT2D eigenvalue weighted by molar-refractivity contribution is 0.373. The molecular weight excluding hydrogens is 516 g/mol. The van der Waals surface area contributed by atoms with Gasteiger partial charge in [-0.1, -0.05) is 32.1 Å². The molecule has 2 aromatic heterocycles. The lowest BCUT2D eigenvalue weighted by Crippen LogP contribution is -2.33. The first-order valence-electron chi connectivity index (χ1n) is 12.3. The van der Waals surface area contributed by atoms with E-state index in [4.69, 9.17) is 20.7 Å². The van der Waals surface area contributed by atoms with E-state index < -0.39 is 0 Å². The van der Waals surface area contributed by atoms with Crippen molar-refractivity contribution in [1.29, 1.82) is 0 Å². The molecule has 3 aliphatic rings. The van der Waals surface area contributed by atoms with E-state index in [9.17, 15) is 0 Å². The maximum atomic E-state index is 6.09. The van der Waals surface area contributed by atoms with E-state index in [0.29, 0.717) is 18.1 Å². The number of aromatic nitrogens is 4. The summed E-state index contributed by atoms with van der Waals surface area (Å²) >= 11 is 0. The Balaban J connectivity index is 0.00000144. The molecule has 0 unspecified atom stereocenters. The third-order valence-electron chi connectivity index (χ3n) is 7.53. The van der Waals surface area contributed by atoms with Crippen LogP contribution in [0.1, 0.15) is 89.5 Å². The van der Waals surface area contributed by atoms with Crippen molar-refractivity contribution in [2.75, 3.05) is 17.2 Å². The zero-order valence-electron chi connectivity index (χ0n) is 19.8. The molecule has 0 spiro atoms. The quantitative estimate of drug-likeness (QED) is 0.386. The smallest absolute Gasteiger partial charge is 0.227 e. The van der Waals surface area contributed by atoms with E-state index >= 15 is 0 Å². The van der Waals surface area contributed by atoms with Crippen LogP contribution < -0.4 is 16.4 Å². The highest BCUT2D eigenvalue weighted by atomic mass is 35.5. The lowest BCUT2D eigenvalue weighted by Gasteiger charge is -2.27. The summed E-state index contributed by atoms with van der Waals surface area (Å²) in [6, 6.07) is 1.29. The molecule has 3 aliphatic carbocycles. The molecule has 3 fully saturated rings. The molecule has 0 aromatic carbocycles. The predicted molar refractivity (Wildman–Crippen MR) is 151 cm³/mol. The molecule has 7 nitrogen and oxygen atoms in total. The highest BCUT2D eigenvalue weighted by Crippen LogP contribution is 2.33. The summed E-state index contributed by atoms with van der Waals surface area (Å²) in [6.07, 6.45) is 18.1. The van der Waals surface area contributed by atoms with Crippen LogP contribution in [-0.4, -0.2) is 38.1 Å². The van der Waals surface area contributed by atoms with E-state index in [0.717, 1.165) is 61.1 Å². The fourth-order valence-electron chi connectivity index (χ4n) is 5.63. The Kier molecular flexibility index (Phi) is 13.6. The number of rotatable bonds is 6. The molecule has 34 heavy (non-hydrogen) atoms. The van der Waals surface area contributed by atoms with Crippen molar-refractivity contribution >= 4 is 72.6 Å². The van der Waals surface area contributed by atoms with E-state index in [-0.39, 0.29) is 49.6 Å². The molecule has 0 aliphatic heterocycles. The van der Waals surface area contributed by atoms with Crippen LogP contribution in [0.5, 0.6) is 0 Å². The van der Waals surface area contributed by atoms with Gasteiger partial charge in [-0.25, -0.2) is 4.98 Å². The van der Waals surface area contributed by atoms with Gasteiger partial charge in [-0.3, -0.25) is 0 Å². The van der Waals surface area contributed by atoms with Gasteiger partial charge in [0.1, 0.15) is 0 Å². The fraction of sp³-hybridized carbons (Fsp3) is 0.783. The Bertz CT molecular complexity index is 845. The number of anilines is 2. The second-order valence-electron chi connectivity index (χ2n) is 9.80. The van der Waals surface area contributed by atoms with Gasteiger partial charge < -0.3 is 20.9 Å². The highest BCUT2D eigenvalue weighted by Gasteiger charge is 2.24. The minimum Gasteiger partial charge on any atom is -0.368 e. The Morgan fingerprint density at radius 2 is 1.47 bits per heavy atom. The average Bonchev–Trinajstić information content (AvgIpc) is 3.44. The SMILES string of the molecule is Cl.Cl.Cl.Cl.NC1CCC(Nc2nc(NCC3CCCCC3)c3ncn(C4CCCC4)c3n2)CC1. The van der Waals surface area contributed by atoms with E-state index in [2.05, 4.69) is 15.2 Å². The molecule has 2 aromatic rings. The Labute approximate surface area is 228 Å². The van der Waals surface area contributed by atoms with Gasteiger partial charge in [-0.2, -0.15) is 9.97 Å². The van der Waals surface area contributed by atoms with Crippen molar-refractivity contribution in [3.05, 3.63) is 6.33 Å². The zero-order chi connectivity index (χ0) is 20.3. The van der Waals surface area contributed by atoms with Crippen molar-refractivity contribution in [2.24, 2.45) is 11.7 Å². The van der Waals surface area contributed by atoms with Gasteiger partial charge in [0.05, 0.1) is 6.33 Å². The predicted octanol–water partition coefficient (Wildman–Crippen LogP) is 6.30. The average molecular weight is 557 g/mol. The number of hydrogen-bond donors (Lipinski definition) is 3. The zero-order valence-corrected chi connectivity index (χ0v) is 23.1. The molecule has 0 bridgehead atoms. The molecule has 0 radical (unpaired) electrons. The Morgan fingerprint density at radius 1 is 0.824 bits per heavy atom. The number of fused-ring (bicyclic) bond motifs is 1. The van der Waals surface area contributed by atoms with Crippen molar-refractivity contribution in [3.8, 4) is 0 Å². The fourth-order valence-corrected chi connectivity index (χ4v) is 5.63. The van der Waals surface area contributed by atoms with Crippen LogP contribution in [0.25, 0.3) is 11.2 Å². The van der Waals surface area contributed by atoms with Crippen LogP contribution >= 0.6 is 49.6 Å². The van der Waals surface area contributed by atoms with Crippen LogP contribution in [0.4, 0.5) is 11.8 Å². The third kappa shape index (κ3) is 7.39. The van der Waals surface area contributed by atoms with Crippen molar-refractivity contribution in [1.82, 2.24) is 19.5 Å². The first-order valence-corrected chi connectivity index (χ1v) is 12.3. The number of nitrogens with two attached hydrogens (primary N) is 1. The second-order valence-corrected chi connectivity index (χ2v) is 9.80. The van der Waals surface area contributed by atoms with Crippen LogP contribution in [-0.2, 0) is 0 Å². The highest BCUT2D eigenvalue weighted by molar-refractivity contribution is 5.86. The van der Waals surface area contributed by atoms with Crippen LogP contribution in [0.3, 0.4) is 0 Å². The summed E-state index contributed by atoms with van der Waals surface area (Å²) in [7, 11) is 0. The van der Waals surface area contributed by atoms with Gasteiger partial charge in [0.25, 0.3) is 0 Å². The molecule has 0 atom stereocenters. The van der Waals surface area contributed by atoms with Gasteiger partial charge in [0.2, 0.25) is 5.95 Å². The topological polar surface area (TPSA) is 93.7 Å². The minimum atomic E-state index is 0. The van der Waals surface area contributed by atoms with Crippen LogP contribution in [0, 0.1) is 5.92 Å². The first-order chi connectivity index (χ1) is 14.8. The van der Waals surface area contributed by atoms with E-state index in [1.807, 2.05) is 6.33 Å². The first kappa shape index (κ1) is 31.3. The second kappa shape index (κ2) is 14.7. The molecular formula is C23H41Cl4N7. The van der Waals surface area contributed by atoms with Crippen LogP contribution in [0.2, 0.25) is 0 Å². The lowest BCUT2D eigenvalue weighted by atomic mass is 9.89. The van der Waals surface area contributed by atoms with Crippen molar-refractivity contribution < 1.29 is 0 Å². The maximum absolute atomic E-state index is 6.09. The monoisotopic (exact) mass is 555 g/mol. The molecule has 3 saturated carbocycles. The largest absolute Gasteiger partial charge is 0.368 e. The number of hydrogen-bond acceptors (Lipinski definition) is 6. The van der Waals surface area contributed by atoms with Crippen molar-refractivity contribution in [3.63, 3.8) is 0 Å². The van der Waals surface area contributed by atoms with Gasteiger partial charge in [-0.15, -0.1) is 49.6 Å². The number of imidazole rings is 1. The summed E-state index contributed by atoms with van der Waals surface area (Å²) < 4.78 is 2.30. The molecule has 0 saturated heterocycles. The molecule has 5 rings (SSSR count). The minimum absolute atomic E-state index is 0. The summed E-state index contributed by atoms with van der Waals surface area (Å²) in [5.41, 5.74) is 8.00. The Morgan fingerprint density at radius 3 is 2.15 bits per heavy atom. The van der Waals surface area contributed by atoms with Gasteiger partial charge in [0, 0.05) is 24.7 Å². The van der Waals surface area contributed by atoms with E-state index in [1.165, 1.54) is 57.8 Å². The maximum Gasteiger partial charge on any atom is 0.227 e. The standard InChI is InChI=1S/C23H37N7.4ClH/c24-17-10-12-18(13-11-17)27-23-28-21(25-14-16-6-2-1-3-7-16)20-22(29-23)30(15-26-20)19-8-4-5-9-19;;;;/h15-19H,1-14,24H2,(H2,25,27,28,29);4*1H. The van der Waals surface area contributed by atoms with Gasteiger partial charge >= 0.3 is 0 Å². The van der Waals surface area contributed by atoms with Gasteiger partial charge in [-0.05, 0) is 57.3 Å². The summed E-state index contributed by atoms with van der Waals surface area (Å²) in [6.45, 7) is 0.986. The normalized spacial score (nSPS) is 23.2. The molecule has 0 amide bonds. The summed E-state index contributed by atoms with van der Waals surface area (Å²) in [5, 5.41) is 7.28. The molecule has 196 valence electrons. The summed E-state index contributed by atoms with van der Waals surface area (Å²) in [4.78, 5) is 14.6. The van der Waals surface area contributed by atoms with Crippen LogP contribution in [0.15, 0.2) is 6.33 Å². The molecule has 11 heteroatoms. The molecule has 2 heterocycles. The summed E-state index contributed by atoms with van der Waals surface area (Å²) in [5.74, 6) is 2.39. The number of nitrogens with zero attached hydrogens (tertiary/aromatic N) is 4. The molecule has 4 N–H and O–H groups in total. The van der Waals surface area contributed by atoms with E-state index in [1.54, 1.807) is 0 Å².